The topological polar surface area (TPSA) is 64.0 Å². The number of carbonyl (C=O) groups excluding carboxylic acids is 1. The third-order valence-electron chi connectivity index (χ3n) is 5.48. The lowest BCUT2D eigenvalue weighted by Gasteiger charge is -2.26. The summed E-state index contributed by atoms with van der Waals surface area (Å²) >= 11 is 5.85. The van der Waals surface area contributed by atoms with Gasteiger partial charge in [0.15, 0.2) is 0 Å². The molecule has 0 unspecified atom stereocenters. The Labute approximate surface area is 154 Å². The van der Waals surface area contributed by atoms with E-state index in [4.69, 9.17) is 11.6 Å². The molecular weight excluding hydrogens is 340 g/mol. The Kier molecular flexibility index (Phi) is 6.20. The van der Waals surface area contributed by atoms with Crippen molar-refractivity contribution in [3.05, 3.63) is 28.8 Å². The minimum Gasteiger partial charge on any atom is -0.507 e. The van der Waals surface area contributed by atoms with Crippen molar-refractivity contribution in [3.8, 4) is 5.75 Å². The molecule has 2 heterocycles. The Morgan fingerprint density at radius 2 is 1.80 bits per heavy atom. The minimum absolute atomic E-state index is 0.0889. The van der Waals surface area contributed by atoms with E-state index in [1.807, 2.05) is 0 Å². The number of rotatable bonds is 4. The molecular formula is C19H27ClN2O3. The van der Waals surface area contributed by atoms with Gasteiger partial charge in [0.25, 0.3) is 5.91 Å². The zero-order valence-corrected chi connectivity index (χ0v) is 15.3. The van der Waals surface area contributed by atoms with E-state index in [1.54, 1.807) is 17.0 Å². The second kappa shape index (κ2) is 8.39. The van der Waals surface area contributed by atoms with Crippen LogP contribution < -0.4 is 0 Å². The van der Waals surface area contributed by atoms with Gasteiger partial charge < -0.3 is 20.0 Å². The highest BCUT2D eigenvalue weighted by Crippen LogP contribution is 2.29. The van der Waals surface area contributed by atoms with Gasteiger partial charge in [-0.05, 0) is 50.0 Å². The number of hydrogen-bond acceptors (Lipinski definition) is 4. The molecule has 0 bridgehead atoms. The third kappa shape index (κ3) is 4.46. The van der Waals surface area contributed by atoms with Gasteiger partial charge in [-0.3, -0.25) is 4.79 Å². The zero-order chi connectivity index (χ0) is 17.8. The Balaban J connectivity index is 1.66. The van der Waals surface area contributed by atoms with Gasteiger partial charge in [0, 0.05) is 37.2 Å². The Bertz CT molecular complexity index is 602. The SMILES string of the molecule is O=C(c1ccc(Cl)cc1O)N1C[C@@H](CO)[C@@H](CN2CCCCCC2)C1. The van der Waals surface area contributed by atoms with Gasteiger partial charge in [-0.15, -0.1) is 0 Å². The summed E-state index contributed by atoms with van der Waals surface area (Å²) in [4.78, 5) is 17.0. The molecule has 1 amide bonds. The number of amides is 1. The van der Waals surface area contributed by atoms with E-state index < -0.39 is 0 Å². The maximum atomic E-state index is 12.8. The third-order valence-corrected chi connectivity index (χ3v) is 5.71. The second-order valence-electron chi connectivity index (χ2n) is 7.29. The van der Waals surface area contributed by atoms with Crippen molar-refractivity contribution in [1.82, 2.24) is 9.80 Å². The number of aromatic hydroxyl groups is 1. The first-order valence-corrected chi connectivity index (χ1v) is 9.57. The lowest BCUT2D eigenvalue weighted by Crippen LogP contribution is -2.35. The molecule has 25 heavy (non-hydrogen) atoms. The van der Waals surface area contributed by atoms with E-state index in [0.717, 1.165) is 19.6 Å². The summed E-state index contributed by atoms with van der Waals surface area (Å²) in [5, 5.41) is 20.2. The quantitative estimate of drug-likeness (QED) is 0.859. The van der Waals surface area contributed by atoms with Crippen molar-refractivity contribution in [2.24, 2.45) is 11.8 Å². The normalized spacial score (nSPS) is 25.1. The average molecular weight is 367 g/mol. The first-order chi connectivity index (χ1) is 12.1. The van der Waals surface area contributed by atoms with Gasteiger partial charge in [-0.1, -0.05) is 24.4 Å². The van der Waals surface area contributed by atoms with E-state index in [2.05, 4.69) is 4.90 Å². The van der Waals surface area contributed by atoms with Crippen molar-refractivity contribution >= 4 is 17.5 Å². The van der Waals surface area contributed by atoms with Crippen LogP contribution in [0.1, 0.15) is 36.0 Å². The monoisotopic (exact) mass is 366 g/mol. The van der Waals surface area contributed by atoms with Crippen LogP contribution in [0.2, 0.25) is 5.02 Å². The summed E-state index contributed by atoms with van der Waals surface area (Å²) in [7, 11) is 0. The lowest BCUT2D eigenvalue weighted by atomic mass is 9.96. The van der Waals surface area contributed by atoms with Crippen molar-refractivity contribution < 1.29 is 15.0 Å². The second-order valence-corrected chi connectivity index (χ2v) is 7.73. The van der Waals surface area contributed by atoms with Crippen LogP contribution in [0.5, 0.6) is 5.75 Å². The van der Waals surface area contributed by atoms with Crippen LogP contribution in [0.4, 0.5) is 0 Å². The van der Waals surface area contributed by atoms with E-state index >= 15 is 0 Å². The number of likely N-dealkylation sites (tertiary alicyclic amines) is 2. The van der Waals surface area contributed by atoms with E-state index in [-0.39, 0.29) is 35.7 Å². The van der Waals surface area contributed by atoms with E-state index in [0.29, 0.717) is 18.1 Å². The largest absolute Gasteiger partial charge is 0.507 e. The summed E-state index contributed by atoms with van der Waals surface area (Å²) in [6, 6.07) is 4.57. The summed E-state index contributed by atoms with van der Waals surface area (Å²) in [5.74, 6) is 0.100. The Morgan fingerprint density at radius 1 is 1.12 bits per heavy atom. The van der Waals surface area contributed by atoms with Gasteiger partial charge in [-0.25, -0.2) is 0 Å². The average Bonchev–Trinajstić information content (AvgIpc) is 2.81. The molecule has 2 saturated heterocycles. The number of phenols is 1. The summed E-state index contributed by atoms with van der Waals surface area (Å²) in [6.07, 6.45) is 5.06. The molecule has 0 aromatic heterocycles. The first-order valence-electron chi connectivity index (χ1n) is 9.19. The van der Waals surface area contributed by atoms with Gasteiger partial charge in [0.1, 0.15) is 5.75 Å². The van der Waals surface area contributed by atoms with Crippen LogP contribution in [0.25, 0.3) is 0 Å². The molecule has 0 radical (unpaired) electrons. The molecule has 2 atom stereocenters. The van der Waals surface area contributed by atoms with Crippen LogP contribution >= 0.6 is 11.6 Å². The van der Waals surface area contributed by atoms with Crippen molar-refractivity contribution in [2.75, 3.05) is 39.3 Å². The molecule has 2 aliphatic rings. The standard InChI is InChI=1S/C19H27ClN2O3/c20-16-5-6-17(18(24)9-16)19(25)22-11-14(15(12-22)13-23)10-21-7-3-1-2-4-8-21/h5-6,9,14-15,23-24H,1-4,7-8,10-13H2/t14-,15-/m0/s1. The number of aliphatic hydroxyl groups excluding tert-OH is 1. The molecule has 2 aliphatic heterocycles. The van der Waals surface area contributed by atoms with Gasteiger partial charge in [-0.2, -0.15) is 0 Å². The van der Waals surface area contributed by atoms with E-state index in [9.17, 15) is 15.0 Å². The molecule has 138 valence electrons. The highest BCUT2D eigenvalue weighted by atomic mass is 35.5. The lowest BCUT2D eigenvalue weighted by molar-refractivity contribution is 0.0776. The molecule has 1 aromatic carbocycles. The maximum Gasteiger partial charge on any atom is 0.257 e. The summed E-state index contributed by atoms with van der Waals surface area (Å²) in [6.45, 7) is 4.41. The predicted octanol–water partition coefficient (Wildman–Crippen LogP) is 2.60. The van der Waals surface area contributed by atoms with Crippen molar-refractivity contribution in [1.29, 1.82) is 0 Å². The van der Waals surface area contributed by atoms with E-state index in [1.165, 1.54) is 31.7 Å². The number of carbonyl (C=O) groups is 1. The van der Waals surface area contributed by atoms with Gasteiger partial charge in [0.05, 0.1) is 5.56 Å². The summed E-state index contributed by atoms with van der Waals surface area (Å²) < 4.78 is 0. The number of hydrogen-bond donors (Lipinski definition) is 2. The Hall–Kier alpha value is -1.30. The fourth-order valence-electron chi connectivity index (χ4n) is 4.02. The van der Waals surface area contributed by atoms with Crippen LogP contribution in [-0.2, 0) is 0 Å². The predicted molar refractivity (Wildman–Crippen MR) is 98.0 cm³/mol. The molecule has 2 fully saturated rings. The molecule has 3 rings (SSSR count). The Morgan fingerprint density at radius 3 is 2.44 bits per heavy atom. The van der Waals surface area contributed by atoms with Crippen LogP contribution in [0.3, 0.4) is 0 Å². The van der Waals surface area contributed by atoms with Gasteiger partial charge in [0.2, 0.25) is 0 Å². The van der Waals surface area contributed by atoms with Gasteiger partial charge >= 0.3 is 0 Å². The van der Waals surface area contributed by atoms with Crippen molar-refractivity contribution in [2.45, 2.75) is 25.7 Å². The number of halogens is 1. The first kappa shape index (κ1) is 18.5. The highest BCUT2D eigenvalue weighted by molar-refractivity contribution is 6.30. The molecule has 5 nitrogen and oxygen atoms in total. The number of aliphatic hydroxyl groups is 1. The molecule has 6 heteroatoms. The minimum atomic E-state index is -0.189. The smallest absolute Gasteiger partial charge is 0.257 e. The highest BCUT2D eigenvalue weighted by Gasteiger charge is 2.36. The summed E-state index contributed by atoms with van der Waals surface area (Å²) in [5.41, 5.74) is 0.275. The number of nitrogens with zero attached hydrogens (tertiary/aromatic N) is 2. The number of phenolic OH excluding ortho intramolecular Hbond substituents is 1. The molecule has 0 aliphatic carbocycles. The molecule has 0 spiro atoms. The fraction of sp³-hybridized carbons (Fsp3) is 0.632. The van der Waals surface area contributed by atoms with Crippen LogP contribution in [-0.4, -0.2) is 65.3 Å². The van der Waals surface area contributed by atoms with Crippen LogP contribution in [0.15, 0.2) is 18.2 Å². The molecule has 2 N–H and O–H groups in total. The van der Waals surface area contributed by atoms with Crippen LogP contribution in [0, 0.1) is 11.8 Å². The maximum absolute atomic E-state index is 12.8. The molecule has 0 saturated carbocycles. The number of benzene rings is 1. The van der Waals surface area contributed by atoms with Crippen molar-refractivity contribution in [3.63, 3.8) is 0 Å². The fourth-order valence-corrected chi connectivity index (χ4v) is 4.19. The molecule has 1 aromatic rings. The zero-order valence-electron chi connectivity index (χ0n) is 14.5.